The quantitative estimate of drug-likeness (QED) is 0.607. The van der Waals surface area contributed by atoms with Crippen molar-refractivity contribution in [3.8, 4) is 28.5 Å². The summed E-state index contributed by atoms with van der Waals surface area (Å²) in [5.41, 5.74) is 4.08. The van der Waals surface area contributed by atoms with Gasteiger partial charge in [-0.25, -0.2) is 4.98 Å². The van der Waals surface area contributed by atoms with Crippen molar-refractivity contribution in [3.05, 3.63) is 71.7 Å². The van der Waals surface area contributed by atoms with E-state index in [1.165, 1.54) is 26.9 Å². The number of rotatable bonds is 6. The van der Waals surface area contributed by atoms with Crippen molar-refractivity contribution in [3.63, 3.8) is 0 Å². The normalized spacial score (nSPS) is 12.4. The second kappa shape index (κ2) is 9.01. The number of allylic oxidation sites excluding steroid dienone is 3. The smallest absolute Gasteiger partial charge is 0.255 e. The fourth-order valence-electron chi connectivity index (χ4n) is 3.61. The number of hydrogen-bond acceptors (Lipinski definition) is 5. The van der Waals surface area contributed by atoms with Crippen molar-refractivity contribution in [2.45, 2.75) is 13.3 Å². The first-order chi connectivity index (χ1) is 15.5. The number of amides is 1. The van der Waals surface area contributed by atoms with E-state index in [0.29, 0.717) is 28.5 Å². The predicted octanol–water partition coefficient (Wildman–Crippen LogP) is 4.80. The fraction of sp³-hybridized carbons (Fsp3) is 0.200. The highest BCUT2D eigenvalue weighted by atomic mass is 16.5. The molecule has 1 amide bonds. The maximum atomic E-state index is 12.9. The lowest BCUT2D eigenvalue weighted by Gasteiger charge is -2.14. The van der Waals surface area contributed by atoms with Crippen LogP contribution in [0.25, 0.3) is 17.5 Å². The summed E-state index contributed by atoms with van der Waals surface area (Å²) in [6.07, 6.45) is 8.90. The second-order valence-electron chi connectivity index (χ2n) is 7.43. The van der Waals surface area contributed by atoms with Gasteiger partial charge in [-0.05, 0) is 37.3 Å². The van der Waals surface area contributed by atoms with Crippen LogP contribution in [0.15, 0.2) is 60.3 Å². The number of methoxy groups -OCH3 is 3. The molecule has 0 fully saturated rings. The maximum absolute atomic E-state index is 12.9. The Morgan fingerprint density at radius 3 is 2.50 bits per heavy atom. The summed E-state index contributed by atoms with van der Waals surface area (Å²) in [6, 6.07) is 10.9. The van der Waals surface area contributed by atoms with Gasteiger partial charge >= 0.3 is 0 Å². The fourth-order valence-corrected chi connectivity index (χ4v) is 3.61. The molecular weight excluding hydrogens is 406 g/mol. The molecule has 0 saturated carbocycles. The van der Waals surface area contributed by atoms with Crippen molar-refractivity contribution < 1.29 is 19.0 Å². The number of nitrogens with one attached hydrogen (secondary N) is 1. The first-order valence-corrected chi connectivity index (χ1v) is 10.2. The van der Waals surface area contributed by atoms with Crippen molar-refractivity contribution in [2.75, 3.05) is 26.6 Å². The van der Waals surface area contributed by atoms with Crippen LogP contribution in [0.4, 0.5) is 5.69 Å². The molecule has 0 atom stereocenters. The number of nitrogens with zero attached hydrogens (tertiary/aromatic N) is 2. The Kier molecular flexibility index (Phi) is 5.98. The van der Waals surface area contributed by atoms with Gasteiger partial charge in [-0.1, -0.05) is 23.8 Å². The minimum Gasteiger partial charge on any atom is -0.493 e. The molecule has 0 bridgehead atoms. The Labute approximate surface area is 187 Å². The predicted molar refractivity (Wildman–Crippen MR) is 125 cm³/mol. The van der Waals surface area contributed by atoms with Gasteiger partial charge in [0.05, 0.1) is 27.0 Å². The average Bonchev–Trinajstić information content (AvgIpc) is 3.11. The Hall–Kier alpha value is -4.00. The molecule has 1 aliphatic rings. The van der Waals surface area contributed by atoms with Gasteiger partial charge in [-0.15, -0.1) is 0 Å². The minimum absolute atomic E-state index is 0.286. The monoisotopic (exact) mass is 431 g/mol. The van der Waals surface area contributed by atoms with Crippen LogP contribution < -0.4 is 19.5 Å². The van der Waals surface area contributed by atoms with Crippen molar-refractivity contribution in [1.82, 2.24) is 9.55 Å². The molecule has 164 valence electrons. The summed E-state index contributed by atoms with van der Waals surface area (Å²) >= 11 is 0. The maximum Gasteiger partial charge on any atom is 0.255 e. The number of carbonyl (C=O) groups excluding carboxylic acids is 1. The lowest BCUT2D eigenvalue weighted by atomic mass is 10.1. The summed E-state index contributed by atoms with van der Waals surface area (Å²) in [4.78, 5) is 17.7. The van der Waals surface area contributed by atoms with Gasteiger partial charge in [0.2, 0.25) is 5.75 Å². The van der Waals surface area contributed by atoms with E-state index in [2.05, 4.69) is 18.3 Å². The van der Waals surface area contributed by atoms with Crippen LogP contribution in [0.1, 0.15) is 23.1 Å². The zero-order valence-corrected chi connectivity index (χ0v) is 18.5. The van der Waals surface area contributed by atoms with Crippen LogP contribution in [-0.2, 0) is 6.42 Å². The summed E-state index contributed by atoms with van der Waals surface area (Å²) in [5.74, 6) is 1.97. The van der Waals surface area contributed by atoms with Crippen LogP contribution in [0, 0.1) is 0 Å². The third-order valence-corrected chi connectivity index (χ3v) is 5.22. The number of aromatic nitrogens is 2. The Morgan fingerprint density at radius 1 is 1.06 bits per heavy atom. The van der Waals surface area contributed by atoms with Crippen molar-refractivity contribution >= 4 is 17.8 Å². The molecule has 1 aromatic heterocycles. The molecule has 7 nitrogen and oxygen atoms in total. The number of ether oxygens (including phenoxy) is 3. The van der Waals surface area contributed by atoms with Crippen LogP contribution in [0.2, 0.25) is 0 Å². The topological polar surface area (TPSA) is 74.6 Å². The van der Waals surface area contributed by atoms with Gasteiger partial charge in [-0.2, -0.15) is 0 Å². The Balaban J connectivity index is 1.59. The van der Waals surface area contributed by atoms with E-state index in [1.807, 2.05) is 47.3 Å². The molecule has 0 unspecified atom stereocenters. The van der Waals surface area contributed by atoms with Gasteiger partial charge in [0.25, 0.3) is 5.91 Å². The molecular formula is C25H25N3O4. The molecule has 1 N–H and O–H groups in total. The van der Waals surface area contributed by atoms with Crippen LogP contribution in [0.5, 0.6) is 17.2 Å². The number of carbonyl (C=O) groups is 1. The van der Waals surface area contributed by atoms with E-state index in [1.54, 1.807) is 12.1 Å². The molecule has 0 saturated heterocycles. The minimum atomic E-state index is -0.286. The summed E-state index contributed by atoms with van der Waals surface area (Å²) in [7, 11) is 4.55. The second-order valence-corrected chi connectivity index (χ2v) is 7.43. The summed E-state index contributed by atoms with van der Waals surface area (Å²) in [6.45, 7) is 2.09. The van der Waals surface area contributed by atoms with E-state index < -0.39 is 0 Å². The molecule has 7 heteroatoms. The molecule has 4 rings (SSSR count). The standard InChI is InChI=1S/C25H25N3O4/c1-16-7-6-10-28-15-20(27-23(28)11-16)17-8-5-9-19(12-17)26-25(29)18-13-21(30-2)24(32-4)22(14-18)31-3/h5-10,12-15H,11H2,1-4H3,(H,26,29). The molecule has 0 aliphatic carbocycles. The van der Waals surface area contributed by atoms with Crippen molar-refractivity contribution in [1.29, 1.82) is 0 Å². The first kappa shape index (κ1) is 21.2. The first-order valence-electron chi connectivity index (χ1n) is 10.2. The highest BCUT2D eigenvalue weighted by Gasteiger charge is 2.17. The summed E-state index contributed by atoms with van der Waals surface area (Å²) in [5, 5.41) is 2.94. The van der Waals surface area contributed by atoms with Crippen LogP contribution in [-0.4, -0.2) is 36.8 Å². The Morgan fingerprint density at radius 2 is 1.81 bits per heavy atom. The average molecular weight is 431 g/mol. The number of imidazole rings is 1. The molecule has 1 aliphatic heterocycles. The number of hydrogen-bond donors (Lipinski definition) is 1. The largest absolute Gasteiger partial charge is 0.493 e. The van der Waals surface area contributed by atoms with Gasteiger partial charge in [0.1, 0.15) is 5.82 Å². The van der Waals surface area contributed by atoms with E-state index in [4.69, 9.17) is 19.2 Å². The van der Waals surface area contributed by atoms with Crippen LogP contribution >= 0.6 is 0 Å². The summed E-state index contributed by atoms with van der Waals surface area (Å²) < 4.78 is 18.1. The molecule has 0 radical (unpaired) electrons. The number of fused-ring (bicyclic) bond motifs is 1. The van der Waals surface area contributed by atoms with E-state index in [-0.39, 0.29) is 5.91 Å². The molecule has 3 aromatic rings. The van der Waals surface area contributed by atoms with E-state index in [9.17, 15) is 4.79 Å². The SMILES string of the molecule is COc1cc(C(=O)Nc2cccc(-c3cn4c(n3)CC(C)=CC=C4)c2)cc(OC)c1OC. The van der Waals surface area contributed by atoms with Gasteiger partial charge in [-0.3, -0.25) is 4.79 Å². The van der Waals surface area contributed by atoms with Crippen molar-refractivity contribution in [2.24, 2.45) is 0 Å². The van der Waals surface area contributed by atoms with Gasteiger partial charge < -0.3 is 24.1 Å². The lowest BCUT2D eigenvalue weighted by molar-refractivity contribution is 0.102. The zero-order valence-electron chi connectivity index (χ0n) is 18.5. The third kappa shape index (κ3) is 4.23. The Bertz CT molecular complexity index is 1200. The molecule has 0 spiro atoms. The molecule has 2 aromatic carbocycles. The lowest BCUT2D eigenvalue weighted by Crippen LogP contribution is -2.12. The highest BCUT2D eigenvalue weighted by molar-refractivity contribution is 6.05. The number of anilines is 1. The van der Waals surface area contributed by atoms with Crippen LogP contribution in [0.3, 0.4) is 0 Å². The molecule has 2 heterocycles. The van der Waals surface area contributed by atoms with Gasteiger partial charge in [0.15, 0.2) is 11.5 Å². The van der Waals surface area contributed by atoms with E-state index >= 15 is 0 Å². The number of benzene rings is 2. The highest BCUT2D eigenvalue weighted by Crippen LogP contribution is 2.38. The van der Waals surface area contributed by atoms with E-state index in [0.717, 1.165) is 23.5 Å². The van der Waals surface area contributed by atoms with Gasteiger partial charge in [0, 0.05) is 35.6 Å². The zero-order chi connectivity index (χ0) is 22.7. The third-order valence-electron chi connectivity index (χ3n) is 5.22. The molecule has 32 heavy (non-hydrogen) atoms.